The molecule has 0 N–H and O–H groups in total. The highest BCUT2D eigenvalue weighted by Gasteiger charge is 2.24. The second kappa shape index (κ2) is 10.5. The highest BCUT2D eigenvalue weighted by atomic mass is 32.2. The van der Waals surface area contributed by atoms with Gasteiger partial charge in [0.05, 0.1) is 7.11 Å². The third-order valence-electron chi connectivity index (χ3n) is 4.99. The first-order chi connectivity index (χ1) is 16.5. The summed E-state index contributed by atoms with van der Waals surface area (Å²) in [5, 5.41) is 1.44. The van der Waals surface area contributed by atoms with Crippen LogP contribution >= 0.6 is 11.8 Å². The molecule has 10 heteroatoms. The molecule has 0 aliphatic heterocycles. The molecule has 0 spiro atoms. The Bertz CT molecular complexity index is 1280. The Kier molecular flexibility index (Phi) is 7.27. The van der Waals surface area contributed by atoms with E-state index in [0.29, 0.717) is 22.1 Å². The third kappa shape index (κ3) is 5.28. The van der Waals surface area contributed by atoms with Gasteiger partial charge in [0.15, 0.2) is 22.4 Å². The zero-order chi connectivity index (χ0) is 24.1. The summed E-state index contributed by atoms with van der Waals surface area (Å²) in [6.07, 6.45) is 3.32. The van der Waals surface area contributed by atoms with Gasteiger partial charge in [0.25, 0.3) is 5.91 Å². The number of amides is 1. The number of carbonyl (C=O) groups is 1. The van der Waals surface area contributed by atoms with E-state index in [9.17, 15) is 13.6 Å². The monoisotopic (exact) mass is 485 g/mol. The van der Waals surface area contributed by atoms with Crippen LogP contribution in [0.15, 0.2) is 70.5 Å². The maximum Gasteiger partial charge on any atom is 0.387 e. The molecule has 4 aromatic rings. The molecule has 2 aromatic carbocycles. The van der Waals surface area contributed by atoms with Crippen molar-refractivity contribution in [1.29, 1.82) is 0 Å². The normalized spacial score (nSPS) is 11.1. The van der Waals surface area contributed by atoms with Crippen molar-refractivity contribution in [2.45, 2.75) is 24.1 Å². The number of para-hydroxylation sites is 1. The van der Waals surface area contributed by atoms with E-state index in [0.717, 1.165) is 10.9 Å². The van der Waals surface area contributed by atoms with E-state index in [1.54, 1.807) is 37.6 Å². The Morgan fingerprint density at radius 1 is 1.12 bits per heavy atom. The van der Waals surface area contributed by atoms with Crippen LogP contribution < -0.4 is 9.47 Å². The van der Waals surface area contributed by atoms with Crippen molar-refractivity contribution in [3.05, 3.63) is 77.8 Å². The van der Waals surface area contributed by atoms with Crippen molar-refractivity contribution >= 4 is 28.6 Å². The van der Waals surface area contributed by atoms with Gasteiger partial charge in [-0.2, -0.15) is 8.78 Å². The van der Waals surface area contributed by atoms with Crippen LogP contribution in [0.2, 0.25) is 0 Å². The lowest BCUT2D eigenvalue weighted by Gasteiger charge is -2.18. The summed E-state index contributed by atoms with van der Waals surface area (Å²) in [7, 11) is 3.00. The Balaban J connectivity index is 1.57. The molecule has 0 radical (unpaired) electrons. The minimum absolute atomic E-state index is 0.0741. The Morgan fingerprint density at radius 3 is 2.62 bits per heavy atom. The zero-order valence-electron chi connectivity index (χ0n) is 18.4. The zero-order valence-corrected chi connectivity index (χ0v) is 19.2. The number of carbonyl (C=O) groups excluding carboxylic acids is 1. The number of rotatable bonds is 9. The SMILES string of the molecule is COc1cc(CN(C)C(=O)c2oc3ccccc3c2CSc2ncccn2)ccc1OC(F)F. The summed E-state index contributed by atoms with van der Waals surface area (Å²) in [6, 6.07) is 13.7. The summed E-state index contributed by atoms with van der Waals surface area (Å²) in [6.45, 7) is -2.76. The largest absolute Gasteiger partial charge is 0.493 e. The third-order valence-corrected chi connectivity index (χ3v) is 5.89. The van der Waals surface area contributed by atoms with Crippen molar-refractivity contribution in [2.75, 3.05) is 14.2 Å². The molecule has 0 saturated heterocycles. The number of halogens is 2. The number of hydrogen-bond acceptors (Lipinski definition) is 7. The van der Waals surface area contributed by atoms with Gasteiger partial charge >= 0.3 is 6.61 Å². The standard InChI is InChI=1S/C24H21F2N3O4S/c1-29(13-15-8-9-19(33-23(25)26)20(12-15)31-2)22(30)21-17(14-34-24-27-10-5-11-28-24)16-6-3-4-7-18(16)32-21/h3-12,23H,13-14H2,1-2H3. The summed E-state index contributed by atoms with van der Waals surface area (Å²) in [4.78, 5) is 23.3. The van der Waals surface area contributed by atoms with Crippen LogP contribution in [0.4, 0.5) is 8.78 Å². The number of ether oxygens (including phenoxy) is 2. The molecule has 1 amide bonds. The van der Waals surface area contributed by atoms with Gasteiger partial charge in [-0.15, -0.1) is 0 Å². The van der Waals surface area contributed by atoms with Gasteiger partial charge in [-0.3, -0.25) is 4.79 Å². The van der Waals surface area contributed by atoms with Gasteiger partial charge in [-0.25, -0.2) is 9.97 Å². The fourth-order valence-corrected chi connectivity index (χ4v) is 4.27. The maximum absolute atomic E-state index is 13.4. The van der Waals surface area contributed by atoms with Gasteiger partial charge < -0.3 is 18.8 Å². The lowest BCUT2D eigenvalue weighted by Crippen LogP contribution is -2.26. The number of nitrogens with zero attached hydrogens (tertiary/aromatic N) is 3. The second-order valence-electron chi connectivity index (χ2n) is 7.25. The first-order valence-electron chi connectivity index (χ1n) is 10.2. The molecule has 0 unspecified atom stereocenters. The van der Waals surface area contributed by atoms with Crippen LogP contribution in [0.5, 0.6) is 11.5 Å². The second-order valence-corrected chi connectivity index (χ2v) is 8.19. The molecule has 2 heterocycles. The molecule has 2 aromatic heterocycles. The molecule has 0 saturated carbocycles. The molecular formula is C24H21F2N3O4S. The van der Waals surface area contributed by atoms with Crippen molar-refractivity contribution in [2.24, 2.45) is 0 Å². The fourth-order valence-electron chi connectivity index (χ4n) is 3.43. The molecule has 0 atom stereocenters. The summed E-state index contributed by atoms with van der Waals surface area (Å²) >= 11 is 1.41. The van der Waals surface area contributed by atoms with Gasteiger partial charge in [0, 0.05) is 42.7 Å². The number of methoxy groups -OCH3 is 1. The fraction of sp³-hybridized carbons (Fsp3) is 0.208. The van der Waals surface area contributed by atoms with Crippen molar-refractivity contribution < 1.29 is 27.5 Å². The Hall–Kier alpha value is -3.66. The summed E-state index contributed by atoms with van der Waals surface area (Å²) in [5.74, 6) is 0.449. The van der Waals surface area contributed by atoms with E-state index in [-0.39, 0.29) is 29.7 Å². The molecule has 0 fully saturated rings. The number of fused-ring (bicyclic) bond motifs is 1. The van der Waals surface area contributed by atoms with Gasteiger partial charge in [0.2, 0.25) is 0 Å². The van der Waals surface area contributed by atoms with E-state index in [4.69, 9.17) is 9.15 Å². The molecular weight excluding hydrogens is 464 g/mol. The first kappa shape index (κ1) is 23.5. The van der Waals surface area contributed by atoms with Gasteiger partial charge in [-0.05, 0) is 29.8 Å². The lowest BCUT2D eigenvalue weighted by atomic mass is 10.1. The molecule has 4 rings (SSSR count). The predicted octanol–water partition coefficient (Wildman–Crippen LogP) is 5.40. The minimum Gasteiger partial charge on any atom is -0.493 e. The van der Waals surface area contributed by atoms with Crippen LogP contribution in [0.25, 0.3) is 11.0 Å². The smallest absolute Gasteiger partial charge is 0.387 e. The summed E-state index contributed by atoms with van der Waals surface area (Å²) in [5.41, 5.74) is 2.04. The number of benzene rings is 2. The average Bonchev–Trinajstić information content (AvgIpc) is 3.22. The maximum atomic E-state index is 13.4. The molecule has 34 heavy (non-hydrogen) atoms. The number of alkyl halides is 2. The van der Waals surface area contributed by atoms with Crippen molar-refractivity contribution in [3.8, 4) is 11.5 Å². The summed E-state index contributed by atoms with van der Waals surface area (Å²) < 4.78 is 40.7. The molecule has 0 aliphatic rings. The number of thioether (sulfide) groups is 1. The molecule has 7 nitrogen and oxygen atoms in total. The highest BCUT2D eigenvalue weighted by Crippen LogP contribution is 2.33. The topological polar surface area (TPSA) is 77.7 Å². The van der Waals surface area contributed by atoms with E-state index < -0.39 is 6.61 Å². The van der Waals surface area contributed by atoms with Crippen LogP contribution in [-0.2, 0) is 12.3 Å². The molecule has 0 bridgehead atoms. The van der Waals surface area contributed by atoms with Crippen molar-refractivity contribution in [3.63, 3.8) is 0 Å². The Labute approximate surface area is 198 Å². The number of hydrogen-bond donors (Lipinski definition) is 0. The van der Waals surface area contributed by atoms with Crippen LogP contribution in [0.1, 0.15) is 21.7 Å². The van der Waals surface area contributed by atoms with E-state index in [2.05, 4.69) is 14.7 Å². The van der Waals surface area contributed by atoms with Crippen molar-refractivity contribution in [1.82, 2.24) is 14.9 Å². The molecule has 0 aliphatic carbocycles. The van der Waals surface area contributed by atoms with Crippen LogP contribution in [0, 0.1) is 0 Å². The van der Waals surface area contributed by atoms with Gasteiger partial charge in [-0.1, -0.05) is 36.0 Å². The Morgan fingerprint density at radius 2 is 1.88 bits per heavy atom. The van der Waals surface area contributed by atoms with Gasteiger partial charge in [0.1, 0.15) is 5.58 Å². The van der Waals surface area contributed by atoms with Crippen LogP contribution in [-0.4, -0.2) is 41.5 Å². The van der Waals surface area contributed by atoms with Crippen LogP contribution in [0.3, 0.4) is 0 Å². The number of furan rings is 1. The molecule has 176 valence electrons. The van der Waals surface area contributed by atoms with E-state index in [1.165, 1.54) is 29.8 Å². The number of aromatic nitrogens is 2. The first-order valence-corrected chi connectivity index (χ1v) is 11.2. The van der Waals surface area contributed by atoms with E-state index in [1.807, 2.05) is 24.3 Å². The quantitative estimate of drug-likeness (QED) is 0.232. The minimum atomic E-state index is -2.96. The lowest BCUT2D eigenvalue weighted by molar-refractivity contribution is -0.0512. The average molecular weight is 486 g/mol. The highest BCUT2D eigenvalue weighted by molar-refractivity contribution is 7.98. The predicted molar refractivity (Wildman–Crippen MR) is 123 cm³/mol. The van der Waals surface area contributed by atoms with E-state index >= 15 is 0 Å².